The molecule has 0 amide bonds. The minimum absolute atomic E-state index is 0.264. The van der Waals surface area contributed by atoms with Crippen LogP contribution in [0.3, 0.4) is 0 Å². The summed E-state index contributed by atoms with van der Waals surface area (Å²) in [7, 11) is 1.86. The molecule has 19 heavy (non-hydrogen) atoms. The summed E-state index contributed by atoms with van der Waals surface area (Å²) in [5.74, 6) is 0.806. The van der Waals surface area contributed by atoms with Crippen LogP contribution in [0.2, 0.25) is 0 Å². The molecular weight excluding hydrogens is 256 g/mol. The third kappa shape index (κ3) is 2.96. The summed E-state index contributed by atoms with van der Waals surface area (Å²) in [4.78, 5) is 2.69. The number of nitrogens with zero attached hydrogens (tertiary/aromatic N) is 3. The van der Waals surface area contributed by atoms with E-state index < -0.39 is 0 Å². The van der Waals surface area contributed by atoms with Gasteiger partial charge >= 0.3 is 0 Å². The zero-order valence-corrected chi connectivity index (χ0v) is 12.5. The summed E-state index contributed by atoms with van der Waals surface area (Å²) in [6, 6.07) is 6.78. The second kappa shape index (κ2) is 5.45. The lowest BCUT2D eigenvalue weighted by molar-refractivity contribution is 0.727. The van der Waals surface area contributed by atoms with Crippen LogP contribution in [0.1, 0.15) is 27.9 Å². The summed E-state index contributed by atoms with van der Waals surface area (Å²) in [6.45, 7) is 6.10. The fourth-order valence-corrected chi connectivity index (χ4v) is 3.16. The highest BCUT2D eigenvalue weighted by molar-refractivity contribution is 7.11. The van der Waals surface area contributed by atoms with Gasteiger partial charge in [0.25, 0.3) is 0 Å². The Hall–Kier alpha value is -1.80. The maximum Gasteiger partial charge on any atom is 0.142 e. The molecule has 2 aromatic rings. The van der Waals surface area contributed by atoms with Gasteiger partial charge < -0.3 is 5.32 Å². The van der Waals surface area contributed by atoms with Crippen molar-refractivity contribution in [3.05, 3.63) is 33.1 Å². The predicted octanol–water partition coefficient (Wildman–Crippen LogP) is 3.01. The number of anilines is 1. The van der Waals surface area contributed by atoms with E-state index in [1.165, 1.54) is 9.75 Å². The molecule has 0 aliphatic heterocycles. The molecule has 0 aliphatic carbocycles. The molecule has 0 spiro atoms. The SMILES string of the molecule is Cc1ccc(CC(C)Nc2c(C#N)c(C)nn2C)s1. The summed E-state index contributed by atoms with van der Waals surface area (Å²) >= 11 is 1.82. The van der Waals surface area contributed by atoms with Crippen molar-refractivity contribution >= 4 is 17.2 Å². The van der Waals surface area contributed by atoms with Gasteiger partial charge in [0.1, 0.15) is 17.5 Å². The standard InChI is InChI=1S/C14H18N4S/c1-9(7-12-6-5-10(2)19-12)16-14-13(8-15)11(3)17-18(14)4/h5-6,9,16H,7H2,1-4H3. The lowest BCUT2D eigenvalue weighted by Gasteiger charge is -2.14. The Balaban J connectivity index is 2.11. The Morgan fingerprint density at radius 3 is 2.79 bits per heavy atom. The van der Waals surface area contributed by atoms with Gasteiger partial charge in [-0.1, -0.05) is 0 Å². The van der Waals surface area contributed by atoms with Gasteiger partial charge in [-0.05, 0) is 32.9 Å². The highest BCUT2D eigenvalue weighted by atomic mass is 32.1. The number of hydrogen-bond acceptors (Lipinski definition) is 4. The van der Waals surface area contributed by atoms with E-state index in [9.17, 15) is 5.26 Å². The van der Waals surface area contributed by atoms with Gasteiger partial charge in [-0.3, -0.25) is 4.68 Å². The van der Waals surface area contributed by atoms with Crippen LogP contribution in [0.15, 0.2) is 12.1 Å². The Morgan fingerprint density at radius 1 is 1.47 bits per heavy atom. The Bertz CT molecular complexity index is 618. The molecule has 2 rings (SSSR count). The zero-order valence-electron chi connectivity index (χ0n) is 11.7. The van der Waals surface area contributed by atoms with Crippen molar-refractivity contribution in [3.63, 3.8) is 0 Å². The van der Waals surface area contributed by atoms with E-state index in [1.54, 1.807) is 4.68 Å². The molecule has 1 atom stereocenters. The molecule has 100 valence electrons. The summed E-state index contributed by atoms with van der Waals surface area (Å²) in [5.41, 5.74) is 1.41. The van der Waals surface area contributed by atoms with Crippen LogP contribution in [-0.2, 0) is 13.5 Å². The van der Waals surface area contributed by atoms with Gasteiger partial charge in [-0.25, -0.2) is 0 Å². The molecule has 4 nitrogen and oxygen atoms in total. The lowest BCUT2D eigenvalue weighted by Crippen LogP contribution is -2.20. The van der Waals surface area contributed by atoms with Crippen LogP contribution in [0.4, 0.5) is 5.82 Å². The second-order valence-electron chi connectivity index (χ2n) is 4.81. The second-order valence-corrected chi connectivity index (χ2v) is 6.18. The van der Waals surface area contributed by atoms with Gasteiger partial charge in [-0.2, -0.15) is 10.4 Å². The number of nitrogens with one attached hydrogen (secondary N) is 1. The smallest absolute Gasteiger partial charge is 0.142 e. The van der Waals surface area contributed by atoms with Gasteiger partial charge in [0.2, 0.25) is 0 Å². The van der Waals surface area contributed by atoms with E-state index >= 15 is 0 Å². The van der Waals surface area contributed by atoms with Crippen LogP contribution < -0.4 is 5.32 Å². The molecular formula is C14H18N4S. The quantitative estimate of drug-likeness (QED) is 0.932. The summed E-state index contributed by atoms with van der Waals surface area (Å²) < 4.78 is 1.74. The number of rotatable bonds is 4. The zero-order chi connectivity index (χ0) is 14.0. The van der Waals surface area contributed by atoms with Crippen LogP contribution >= 0.6 is 11.3 Å². The maximum absolute atomic E-state index is 9.18. The van der Waals surface area contributed by atoms with Crippen molar-refractivity contribution in [2.45, 2.75) is 33.2 Å². The Labute approximate surface area is 117 Å². The molecule has 2 heterocycles. The third-order valence-electron chi connectivity index (χ3n) is 3.02. The van der Waals surface area contributed by atoms with Crippen molar-refractivity contribution in [1.82, 2.24) is 9.78 Å². The lowest BCUT2D eigenvalue weighted by atomic mass is 10.2. The predicted molar refractivity (Wildman–Crippen MR) is 78.5 cm³/mol. The van der Waals surface area contributed by atoms with Crippen LogP contribution in [0.5, 0.6) is 0 Å². The van der Waals surface area contributed by atoms with E-state index in [-0.39, 0.29) is 6.04 Å². The molecule has 1 unspecified atom stereocenters. The molecule has 5 heteroatoms. The third-order valence-corrected chi connectivity index (χ3v) is 4.04. The highest BCUT2D eigenvalue weighted by Crippen LogP contribution is 2.21. The number of thiophene rings is 1. The molecule has 1 N–H and O–H groups in total. The molecule has 0 aromatic carbocycles. The molecule has 0 fully saturated rings. The van der Waals surface area contributed by atoms with Crippen molar-refractivity contribution in [3.8, 4) is 6.07 Å². The normalized spacial score (nSPS) is 12.2. The molecule has 0 saturated heterocycles. The Kier molecular flexibility index (Phi) is 3.91. The minimum Gasteiger partial charge on any atom is -0.366 e. The average molecular weight is 274 g/mol. The first-order chi connectivity index (χ1) is 9.01. The first-order valence-electron chi connectivity index (χ1n) is 6.26. The molecule has 2 aromatic heterocycles. The van der Waals surface area contributed by atoms with Crippen LogP contribution in [0.25, 0.3) is 0 Å². The monoisotopic (exact) mass is 274 g/mol. The minimum atomic E-state index is 0.264. The van der Waals surface area contributed by atoms with E-state index in [1.807, 2.05) is 25.3 Å². The van der Waals surface area contributed by atoms with Crippen molar-refractivity contribution in [1.29, 1.82) is 5.26 Å². The molecule has 0 bridgehead atoms. The maximum atomic E-state index is 9.18. The van der Waals surface area contributed by atoms with E-state index in [0.717, 1.165) is 17.9 Å². The number of aromatic nitrogens is 2. The Morgan fingerprint density at radius 2 is 2.21 bits per heavy atom. The largest absolute Gasteiger partial charge is 0.366 e. The average Bonchev–Trinajstić information content (AvgIpc) is 2.84. The van der Waals surface area contributed by atoms with E-state index in [2.05, 4.69) is 42.5 Å². The highest BCUT2D eigenvalue weighted by Gasteiger charge is 2.15. The number of hydrogen-bond donors (Lipinski definition) is 1. The van der Waals surface area contributed by atoms with Gasteiger partial charge in [0, 0.05) is 29.3 Å². The molecule has 0 radical (unpaired) electrons. The van der Waals surface area contributed by atoms with Crippen LogP contribution in [0, 0.1) is 25.2 Å². The van der Waals surface area contributed by atoms with Crippen molar-refractivity contribution < 1.29 is 0 Å². The molecule has 0 aliphatic rings. The first kappa shape index (κ1) is 13.6. The first-order valence-corrected chi connectivity index (χ1v) is 7.08. The van der Waals surface area contributed by atoms with E-state index in [4.69, 9.17) is 0 Å². The van der Waals surface area contributed by atoms with Crippen molar-refractivity contribution in [2.24, 2.45) is 7.05 Å². The fourth-order valence-electron chi connectivity index (χ4n) is 2.14. The topological polar surface area (TPSA) is 53.6 Å². The van der Waals surface area contributed by atoms with Gasteiger partial charge in [-0.15, -0.1) is 11.3 Å². The van der Waals surface area contributed by atoms with Crippen LogP contribution in [-0.4, -0.2) is 15.8 Å². The molecule has 0 saturated carbocycles. The van der Waals surface area contributed by atoms with Gasteiger partial charge in [0.15, 0.2) is 0 Å². The number of aryl methyl sites for hydroxylation is 3. The van der Waals surface area contributed by atoms with E-state index in [0.29, 0.717) is 5.56 Å². The summed E-state index contributed by atoms with van der Waals surface area (Å²) in [5, 5.41) is 16.9. The van der Waals surface area contributed by atoms with Gasteiger partial charge in [0.05, 0.1) is 5.69 Å². The fraction of sp³-hybridized carbons (Fsp3) is 0.429. The van der Waals surface area contributed by atoms with Crippen molar-refractivity contribution in [2.75, 3.05) is 5.32 Å². The number of nitriles is 1. The summed E-state index contributed by atoms with van der Waals surface area (Å²) in [6.07, 6.45) is 0.952.